The maximum Gasteiger partial charge on any atom is 0.276 e. The molecule has 0 radical (unpaired) electrons. The second-order valence-corrected chi connectivity index (χ2v) is 7.03. The van der Waals surface area contributed by atoms with E-state index in [0.717, 1.165) is 0 Å². The zero-order chi connectivity index (χ0) is 16.2. The van der Waals surface area contributed by atoms with Crippen molar-refractivity contribution in [1.82, 2.24) is 4.83 Å². The van der Waals surface area contributed by atoms with Crippen LogP contribution in [0, 0.1) is 0 Å². The van der Waals surface area contributed by atoms with Crippen molar-refractivity contribution in [3.05, 3.63) is 58.6 Å². The lowest BCUT2D eigenvalue weighted by atomic mass is 10.2. The van der Waals surface area contributed by atoms with Gasteiger partial charge in [-0.15, -0.1) is 0 Å². The zero-order valence-corrected chi connectivity index (χ0v) is 14.6. The van der Waals surface area contributed by atoms with E-state index >= 15 is 0 Å². The lowest BCUT2D eigenvalue weighted by Crippen LogP contribution is -2.19. The molecule has 0 unspecified atom stereocenters. The second-order valence-electron chi connectivity index (χ2n) is 4.16. The van der Waals surface area contributed by atoms with E-state index in [4.69, 9.17) is 16.3 Å². The van der Waals surface area contributed by atoms with Gasteiger partial charge in [-0.1, -0.05) is 45.7 Å². The topological polar surface area (TPSA) is 67.8 Å². The average molecular weight is 404 g/mol. The number of hydrogen-bond acceptors (Lipinski definition) is 4. The molecular weight excluding hydrogens is 392 g/mol. The van der Waals surface area contributed by atoms with Crippen molar-refractivity contribution < 1.29 is 13.2 Å². The third-order valence-corrected chi connectivity index (χ3v) is 4.92. The van der Waals surface area contributed by atoms with Crippen molar-refractivity contribution in [3.8, 4) is 5.75 Å². The van der Waals surface area contributed by atoms with E-state index in [1.54, 1.807) is 36.4 Å². The van der Waals surface area contributed by atoms with Gasteiger partial charge in [0.2, 0.25) is 0 Å². The first-order valence-electron chi connectivity index (χ1n) is 6.08. The molecule has 2 rings (SSSR count). The fourth-order valence-electron chi connectivity index (χ4n) is 1.60. The Kier molecular flexibility index (Phi) is 5.44. The maximum atomic E-state index is 12.1. The molecule has 0 saturated heterocycles. The Bertz CT molecular complexity index is 795. The largest absolute Gasteiger partial charge is 0.497 e. The Balaban J connectivity index is 2.27. The summed E-state index contributed by atoms with van der Waals surface area (Å²) in [6, 6.07) is 13.0. The van der Waals surface area contributed by atoms with Gasteiger partial charge in [-0.05, 0) is 30.3 Å². The molecule has 0 saturated carbocycles. The van der Waals surface area contributed by atoms with Crippen molar-refractivity contribution in [1.29, 1.82) is 0 Å². The SMILES string of the molecule is COc1ccc(Br)c(/C(Cl)=N/NS(=O)(=O)c2ccccc2)c1. The van der Waals surface area contributed by atoms with Gasteiger partial charge in [0, 0.05) is 10.0 Å². The highest BCUT2D eigenvalue weighted by molar-refractivity contribution is 9.10. The second kappa shape index (κ2) is 7.13. The summed E-state index contributed by atoms with van der Waals surface area (Å²) >= 11 is 9.40. The van der Waals surface area contributed by atoms with Crippen LogP contribution in [0.4, 0.5) is 0 Å². The number of nitrogens with one attached hydrogen (secondary N) is 1. The lowest BCUT2D eigenvalue weighted by Gasteiger charge is -2.07. The lowest BCUT2D eigenvalue weighted by molar-refractivity contribution is 0.414. The predicted molar refractivity (Wildman–Crippen MR) is 89.8 cm³/mol. The minimum atomic E-state index is -3.76. The molecule has 2 aromatic rings. The molecular formula is C14H12BrClN2O3S. The zero-order valence-electron chi connectivity index (χ0n) is 11.5. The van der Waals surface area contributed by atoms with Crippen molar-refractivity contribution in [2.45, 2.75) is 4.90 Å². The van der Waals surface area contributed by atoms with Gasteiger partial charge in [0.15, 0.2) is 5.17 Å². The summed E-state index contributed by atoms with van der Waals surface area (Å²) in [5.74, 6) is 0.581. The van der Waals surface area contributed by atoms with Crippen LogP contribution in [0.25, 0.3) is 0 Å². The molecule has 8 heteroatoms. The number of ether oxygens (including phenoxy) is 1. The van der Waals surface area contributed by atoms with Crippen molar-refractivity contribution in [3.63, 3.8) is 0 Å². The molecule has 0 aliphatic rings. The maximum absolute atomic E-state index is 12.1. The van der Waals surface area contributed by atoms with E-state index in [0.29, 0.717) is 15.8 Å². The first-order valence-corrected chi connectivity index (χ1v) is 8.73. The van der Waals surface area contributed by atoms with Gasteiger partial charge in [0.1, 0.15) is 5.75 Å². The predicted octanol–water partition coefficient (Wildman–Crippen LogP) is 3.34. The van der Waals surface area contributed by atoms with Crippen molar-refractivity contribution >= 4 is 42.7 Å². The Morgan fingerprint density at radius 3 is 2.55 bits per heavy atom. The monoisotopic (exact) mass is 402 g/mol. The smallest absolute Gasteiger partial charge is 0.276 e. The molecule has 0 aromatic heterocycles. The summed E-state index contributed by atoms with van der Waals surface area (Å²) in [5, 5.41) is 3.73. The van der Waals surface area contributed by atoms with Gasteiger partial charge in [-0.25, -0.2) is 0 Å². The number of rotatable bonds is 5. The summed E-state index contributed by atoms with van der Waals surface area (Å²) in [7, 11) is -2.24. The van der Waals surface area contributed by atoms with E-state index < -0.39 is 10.0 Å². The van der Waals surface area contributed by atoms with Crippen LogP contribution < -0.4 is 9.57 Å². The summed E-state index contributed by atoms with van der Waals surface area (Å²) in [5.41, 5.74) is 0.511. The normalized spacial score (nSPS) is 12.0. The van der Waals surface area contributed by atoms with Crippen LogP contribution in [0.1, 0.15) is 5.56 Å². The van der Waals surface area contributed by atoms with Crippen molar-refractivity contribution in [2.75, 3.05) is 7.11 Å². The molecule has 0 heterocycles. The molecule has 0 bridgehead atoms. The third-order valence-electron chi connectivity index (χ3n) is 2.71. The van der Waals surface area contributed by atoms with Gasteiger partial charge in [0.05, 0.1) is 12.0 Å². The first kappa shape index (κ1) is 16.8. The quantitative estimate of drug-likeness (QED) is 0.615. The molecule has 2 aromatic carbocycles. The van der Waals surface area contributed by atoms with Crippen LogP contribution in [-0.4, -0.2) is 20.7 Å². The molecule has 0 fully saturated rings. The minimum Gasteiger partial charge on any atom is -0.497 e. The molecule has 0 aliphatic heterocycles. The third kappa shape index (κ3) is 4.00. The number of hydrogen-bond donors (Lipinski definition) is 1. The van der Waals surface area contributed by atoms with Gasteiger partial charge in [-0.2, -0.15) is 18.4 Å². The molecule has 0 spiro atoms. The van der Waals surface area contributed by atoms with Gasteiger partial charge >= 0.3 is 0 Å². The van der Waals surface area contributed by atoms with E-state index in [1.165, 1.54) is 19.2 Å². The number of halogens is 2. The Labute approximate surface area is 142 Å². The number of sulfonamides is 1. The summed E-state index contributed by atoms with van der Waals surface area (Å²) in [6.45, 7) is 0. The minimum absolute atomic E-state index is 0.00900. The summed E-state index contributed by atoms with van der Waals surface area (Å²) < 4.78 is 29.9. The molecule has 22 heavy (non-hydrogen) atoms. The molecule has 116 valence electrons. The fourth-order valence-corrected chi connectivity index (χ4v) is 3.23. The van der Waals surface area contributed by atoms with Gasteiger partial charge < -0.3 is 4.74 Å². The van der Waals surface area contributed by atoms with Crippen LogP contribution in [0.15, 0.2) is 63.0 Å². The van der Waals surface area contributed by atoms with Crippen LogP contribution >= 0.6 is 27.5 Å². The van der Waals surface area contributed by atoms with Crippen LogP contribution in [0.2, 0.25) is 0 Å². The first-order chi connectivity index (χ1) is 10.4. The Morgan fingerprint density at radius 1 is 1.23 bits per heavy atom. The Hall–Kier alpha value is -1.57. The fraction of sp³-hybridized carbons (Fsp3) is 0.0714. The van der Waals surface area contributed by atoms with E-state index in [9.17, 15) is 8.42 Å². The van der Waals surface area contributed by atoms with E-state index in [-0.39, 0.29) is 10.1 Å². The molecule has 1 N–H and O–H groups in total. The number of benzene rings is 2. The highest BCUT2D eigenvalue weighted by atomic mass is 79.9. The molecule has 0 aliphatic carbocycles. The standard InChI is InChI=1S/C14H12BrClN2O3S/c1-21-10-7-8-13(15)12(9-10)14(16)17-18-22(19,20)11-5-3-2-4-6-11/h2-9,18H,1H3/b17-14-. The highest BCUT2D eigenvalue weighted by Gasteiger charge is 2.13. The number of nitrogens with zero attached hydrogens (tertiary/aromatic N) is 1. The van der Waals surface area contributed by atoms with E-state index in [2.05, 4.69) is 25.9 Å². The van der Waals surface area contributed by atoms with Crippen LogP contribution in [-0.2, 0) is 10.0 Å². The molecule has 0 amide bonds. The molecule has 0 atom stereocenters. The summed E-state index contributed by atoms with van der Waals surface area (Å²) in [6.07, 6.45) is 0. The summed E-state index contributed by atoms with van der Waals surface area (Å²) in [4.78, 5) is 2.21. The molecule has 5 nitrogen and oxygen atoms in total. The van der Waals surface area contributed by atoms with E-state index in [1.807, 2.05) is 0 Å². The van der Waals surface area contributed by atoms with Gasteiger partial charge in [-0.3, -0.25) is 0 Å². The van der Waals surface area contributed by atoms with Crippen LogP contribution in [0.3, 0.4) is 0 Å². The number of methoxy groups -OCH3 is 1. The highest BCUT2D eigenvalue weighted by Crippen LogP contribution is 2.24. The van der Waals surface area contributed by atoms with Gasteiger partial charge in [0.25, 0.3) is 10.0 Å². The average Bonchev–Trinajstić information content (AvgIpc) is 2.54. The number of hydrazone groups is 1. The van der Waals surface area contributed by atoms with Crippen LogP contribution in [0.5, 0.6) is 5.75 Å². The Morgan fingerprint density at radius 2 is 1.91 bits per heavy atom. The van der Waals surface area contributed by atoms with Crippen molar-refractivity contribution in [2.24, 2.45) is 5.10 Å².